The van der Waals surface area contributed by atoms with Crippen molar-refractivity contribution in [3.05, 3.63) is 17.5 Å². The molecule has 2 rings (SSSR count). The van der Waals surface area contributed by atoms with Gasteiger partial charge in [0, 0.05) is 20.1 Å². The van der Waals surface area contributed by atoms with Crippen molar-refractivity contribution in [3.63, 3.8) is 0 Å². The van der Waals surface area contributed by atoms with Crippen LogP contribution in [0.3, 0.4) is 0 Å². The Morgan fingerprint density at radius 2 is 2.62 bits per heavy atom. The summed E-state index contributed by atoms with van der Waals surface area (Å²) in [6, 6.07) is 1.82. The third-order valence-corrected chi connectivity index (χ3v) is 2.13. The van der Waals surface area contributed by atoms with Crippen molar-refractivity contribution in [2.24, 2.45) is 0 Å². The van der Waals surface area contributed by atoms with Crippen molar-refractivity contribution in [2.75, 3.05) is 13.6 Å². The standard InChI is InChI=1S/C8H12N4O/c1-9-8(13)7-4-6-5-10-2-3-12(6)11-7/h4,10H,2-3,5H2,1H3,(H,9,13). The molecule has 5 nitrogen and oxygen atoms in total. The summed E-state index contributed by atoms with van der Waals surface area (Å²) in [5.41, 5.74) is 1.58. The third kappa shape index (κ3) is 1.42. The molecule has 0 bridgehead atoms. The first-order chi connectivity index (χ1) is 6.31. The maximum atomic E-state index is 11.2. The van der Waals surface area contributed by atoms with Gasteiger partial charge in [0.2, 0.25) is 0 Å². The molecule has 1 aliphatic heterocycles. The summed E-state index contributed by atoms with van der Waals surface area (Å²) in [5.74, 6) is -0.123. The van der Waals surface area contributed by atoms with E-state index in [1.54, 1.807) is 7.05 Å². The van der Waals surface area contributed by atoms with Crippen molar-refractivity contribution >= 4 is 5.91 Å². The summed E-state index contributed by atoms with van der Waals surface area (Å²) in [5, 5.41) is 9.96. The van der Waals surface area contributed by atoms with E-state index in [0.717, 1.165) is 25.3 Å². The number of carbonyl (C=O) groups is 1. The molecule has 0 spiro atoms. The Kier molecular flexibility index (Phi) is 2.02. The summed E-state index contributed by atoms with van der Waals surface area (Å²) in [6.07, 6.45) is 0. The lowest BCUT2D eigenvalue weighted by Gasteiger charge is -2.13. The number of hydrogen-bond acceptors (Lipinski definition) is 3. The predicted molar refractivity (Wildman–Crippen MR) is 47.3 cm³/mol. The number of aromatic nitrogens is 2. The van der Waals surface area contributed by atoms with Gasteiger partial charge >= 0.3 is 0 Å². The van der Waals surface area contributed by atoms with Crippen LogP contribution in [0.15, 0.2) is 6.07 Å². The quantitative estimate of drug-likeness (QED) is 0.603. The molecule has 1 aromatic heterocycles. The lowest BCUT2D eigenvalue weighted by Crippen LogP contribution is -2.28. The van der Waals surface area contributed by atoms with Crippen LogP contribution >= 0.6 is 0 Å². The molecule has 0 saturated carbocycles. The van der Waals surface area contributed by atoms with Crippen LogP contribution in [0.25, 0.3) is 0 Å². The molecule has 0 aromatic carbocycles. The second-order valence-corrected chi connectivity index (χ2v) is 3.00. The number of rotatable bonds is 1. The smallest absolute Gasteiger partial charge is 0.271 e. The largest absolute Gasteiger partial charge is 0.354 e. The van der Waals surface area contributed by atoms with Gasteiger partial charge in [0.15, 0.2) is 0 Å². The highest BCUT2D eigenvalue weighted by Gasteiger charge is 2.14. The Bertz CT molecular complexity index is 307. The van der Waals surface area contributed by atoms with E-state index in [9.17, 15) is 4.79 Å². The Morgan fingerprint density at radius 3 is 3.31 bits per heavy atom. The SMILES string of the molecule is CNC(=O)c1cc2n(n1)CCNC2. The van der Waals surface area contributed by atoms with Gasteiger partial charge in [-0.25, -0.2) is 0 Å². The van der Waals surface area contributed by atoms with Gasteiger partial charge < -0.3 is 10.6 Å². The normalized spacial score (nSPS) is 15.2. The van der Waals surface area contributed by atoms with Crippen LogP contribution in [0.2, 0.25) is 0 Å². The minimum absolute atomic E-state index is 0.123. The second kappa shape index (κ2) is 3.18. The molecule has 0 atom stereocenters. The summed E-state index contributed by atoms with van der Waals surface area (Å²) in [4.78, 5) is 11.2. The zero-order chi connectivity index (χ0) is 9.26. The highest BCUT2D eigenvalue weighted by Crippen LogP contribution is 2.07. The van der Waals surface area contributed by atoms with E-state index in [1.807, 2.05) is 10.7 Å². The molecule has 70 valence electrons. The Balaban J connectivity index is 2.30. The summed E-state index contributed by atoms with van der Waals surface area (Å²) < 4.78 is 1.88. The minimum atomic E-state index is -0.123. The van der Waals surface area contributed by atoms with Crippen LogP contribution in [0.4, 0.5) is 0 Å². The molecule has 0 fully saturated rings. The molecule has 1 aromatic rings. The van der Waals surface area contributed by atoms with Gasteiger partial charge in [0.05, 0.1) is 12.2 Å². The van der Waals surface area contributed by atoms with E-state index in [1.165, 1.54) is 0 Å². The molecule has 13 heavy (non-hydrogen) atoms. The van der Waals surface area contributed by atoms with Crippen molar-refractivity contribution in [1.29, 1.82) is 0 Å². The third-order valence-electron chi connectivity index (χ3n) is 2.13. The van der Waals surface area contributed by atoms with Crippen molar-refractivity contribution in [3.8, 4) is 0 Å². The zero-order valence-electron chi connectivity index (χ0n) is 7.50. The van der Waals surface area contributed by atoms with Gasteiger partial charge in [-0.2, -0.15) is 5.10 Å². The first kappa shape index (κ1) is 8.25. The first-order valence-electron chi connectivity index (χ1n) is 4.31. The lowest BCUT2D eigenvalue weighted by atomic mass is 10.3. The van der Waals surface area contributed by atoms with Crippen molar-refractivity contribution in [2.45, 2.75) is 13.1 Å². The highest BCUT2D eigenvalue weighted by molar-refractivity contribution is 5.92. The number of nitrogens with one attached hydrogen (secondary N) is 2. The fourth-order valence-electron chi connectivity index (χ4n) is 1.43. The van der Waals surface area contributed by atoms with Gasteiger partial charge in [-0.3, -0.25) is 9.48 Å². The van der Waals surface area contributed by atoms with Crippen LogP contribution in [0.5, 0.6) is 0 Å². The maximum Gasteiger partial charge on any atom is 0.271 e. The lowest BCUT2D eigenvalue weighted by molar-refractivity contribution is 0.0957. The topological polar surface area (TPSA) is 59.0 Å². The molecule has 2 N–H and O–H groups in total. The number of amides is 1. The number of fused-ring (bicyclic) bond motifs is 1. The van der Waals surface area contributed by atoms with Gasteiger partial charge in [-0.1, -0.05) is 0 Å². The summed E-state index contributed by atoms with van der Waals surface area (Å²) in [6.45, 7) is 2.55. The molecule has 1 amide bonds. The van der Waals surface area contributed by atoms with Crippen LogP contribution < -0.4 is 10.6 Å². The van der Waals surface area contributed by atoms with Crippen LogP contribution in [-0.4, -0.2) is 29.3 Å². The minimum Gasteiger partial charge on any atom is -0.354 e. The van der Waals surface area contributed by atoms with Gasteiger partial charge in [0.1, 0.15) is 5.69 Å². The summed E-state index contributed by atoms with van der Waals surface area (Å²) in [7, 11) is 1.61. The fraction of sp³-hybridized carbons (Fsp3) is 0.500. The maximum absolute atomic E-state index is 11.2. The Hall–Kier alpha value is -1.36. The number of carbonyl (C=O) groups excluding carboxylic acids is 1. The van der Waals surface area contributed by atoms with Crippen LogP contribution in [0.1, 0.15) is 16.2 Å². The number of hydrogen-bond donors (Lipinski definition) is 2. The van der Waals surface area contributed by atoms with E-state index in [-0.39, 0.29) is 5.91 Å². The van der Waals surface area contributed by atoms with E-state index in [2.05, 4.69) is 15.7 Å². The van der Waals surface area contributed by atoms with Crippen molar-refractivity contribution < 1.29 is 4.79 Å². The zero-order valence-corrected chi connectivity index (χ0v) is 7.50. The molecular formula is C8H12N4O. The molecule has 5 heteroatoms. The van der Waals surface area contributed by atoms with E-state index in [4.69, 9.17) is 0 Å². The predicted octanol–water partition coefficient (Wildman–Crippen LogP) is -0.654. The number of nitrogens with zero attached hydrogens (tertiary/aromatic N) is 2. The molecule has 0 aliphatic carbocycles. The van der Waals surface area contributed by atoms with Gasteiger partial charge in [0.25, 0.3) is 5.91 Å². The average Bonchev–Trinajstić information content (AvgIpc) is 2.59. The Morgan fingerprint density at radius 1 is 1.77 bits per heavy atom. The monoisotopic (exact) mass is 180 g/mol. The molecule has 1 aliphatic rings. The van der Waals surface area contributed by atoms with Gasteiger partial charge in [-0.05, 0) is 6.07 Å². The molecular weight excluding hydrogens is 168 g/mol. The molecule has 0 saturated heterocycles. The second-order valence-electron chi connectivity index (χ2n) is 3.00. The molecule has 2 heterocycles. The van der Waals surface area contributed by atoms with E-state index >= 15 is 0 Å². The first-order valence-corrected chi connectivity index (χ1v) is 4.31. The van der Waals surface area contributed by atoms with E-state index < -0.39 is 0 Å². The average molecular weight is 180 g/mol. The fourth-order valence-corrected chi connectivity index (χ4v) is 1.43. The highest BCUT2D eigenvalue weighted by atomic mass is 16.1. The Labute approximate surface area is 76.1 Å². The summed E-state index contributed by atoms with van der Waals surface area (Å²) >= 11 is 0. The van der Waals surface area contributed by atoms with Crippen LogP contribution in [0, 0.1) is 0 Å². The van der Waals surface area contributed by atoms with Crippen molar-refractivity contribution in [1.82, 2.24) is 20.4 Å². The van der Waals surface area contributed by atoms with E-state index in [0.29, 0.717) is 5.69 Å². The molecule has 0 unspecified atom stereocenters. The van der Waals surface area contributed by atoms with Crippen LogP contribution in [-0.2, 0) is 13.1 Å². The van der Waals surface area contributed by atoms with Gasteiger partial charge in [-0.15, -0.1) is 0 Å². The molecule has 0 radical (unpaired) electrons.